The van der Waals surface area contributed by atoms with E-state index in [0.29, 0.717) is 11.8 Å². The Labute approximate surface area is 143 Å². The highest BCUT2D eigenvalue weighted by molar-refractivity contribution is 6.30. The Morgan fingerprint density at radius 3 is 2.22 bits per heavy atom. The lowest BCUT2D eigenvalue weighted by Crippen LogP contribution is -2.37. The van der Waals surface area contributed by atoms with Gasteiger partial charge in [-0.1, -0.05) is 23.7 Å². The van der Waals surface area contributed by atoms with Gasteiger partial charge in [0.05, 0.1) is 0 Å². The van der Waals surface area contributed by atoms with Crippen LogP contribution in [-0.4, -0.2) is 47.7 Å². The molecule has 2 fully saturated rings. The zero-order valence-electron chi connectivity index (χ0n) is 14.1. The molecule has 0 saturated carbocycles. The van der Waals surface area contributed by atoms with Crippen LogP contribution in [0.15, 0.2) is 24.3 Å². The van der Waals surface area contributed by atoms with Crippen molar-refractivity contribution in [3.05, 3.63) is 34.9 Å². The zero-order valence-corrected chi connectivity index (χ0v) is 14.8. The Balaban J connectivity index is 1.51. The third kappa shape index (κ3) is 4.18. The maximum atomic E-state index is 12.2. The molecule has 1 amide bonds. The van der Waals surface area contributed by atoms with Gasteiger partial charge in [0.1, 0.15) is 5.60 Å². The number of carbonyl (C=O) groups excluding carboxylic acids is 1. The average Bonchev–Trinajstić information content (AvgIpc) is 2.97. The second-order valence-corrected chi connectivity index (χ2v) is 8.16. The van der Waals surface area contributed by atoms with Gasteiger partial charge in [0.15, 0.2) is 0 Å². The molecule has 0 aromatic heterocycles. The molecule has 2 atom stereocenters. The molecule has 2 heterocycles. The van der Waals surface area contributed by atoms with E-state index in [9.17, 15) is 4.79 Å². The summed E-state index contributed by atoms with van der Waals surface area (Å²) in [6.07, 6.45) is -0.170. The molecular weight excluding hydrogens is 312 g/mol. The van der Waals surface area contributed by atoms with Gasteiger partial charge in [0.25, 0.3) is 0 Å². The Bertz CT molecular complexity index is 553. The molecule has 1 aromatic rings. The maximum Gasteiger partial charge on any atom is 0.410 e. The highest BCUT2D eigenvalue weighted by Gasteiger charge is 2.42. The van der Waals surface area contributed by atoms with Gasteiger partial charge in [0.2, 0.25) is 0 Å². The monoisotopic (exact) mass is 336 g/mol. The number of amides is 1. The van der Waals surface area contributed by atoms with Crippen LogP contribution in [0.3, 0.4) is 0 Å². The van der Waals surface area contributed by atoms with Crippen molar-refractivity contribution < 1.29 is 9.53 Å². The van der Waals surface area contributed by atoms with Crippen LogP contribution in [-0.2, 0) is 11.3 Å². The molecule has 23 heavy (non-hydrogen) atoms. The lowest BCUT2D eigenvalue weighted by atomic mass is 10.0. The first kappa shape index (κ1) is 16.6. The largest absolute Gasteiger partial charge is 0.444 e. The molecule has 2 unspecified atom stereocenters. The predicted molar refractivity (Wildman–Crippen MR) is 91.5 cm³/mol. The molecule has 3 rings (SSSR count). The van der Waals surface area contributed by atoms with E-state index < -0.39 is 5.60 Å². The van der Waals surface area contributed by atoms with Gasteiger partial charge in [-0.25, -0.2) is 4.79 Å². The molecule has 126 valence electrons. The highest BCUT2D eigenvalue weighted by atomic mass is 35.5. The number of hydrogen-bond donors (Lipinski definition) is 0. The first-order valence-electron chi connectivity index (χ1n) is 8.25. The summed E-state index contributed by atoms with van der Waals surface area (Å²) in [5.41, 5.74) is 0.869. The quantitative estimate of drug-likeness (QED) is 0.826. The summed E-state index contributed by atoms with van der Waals surface area (Å²) in [6, 6.07) is 8.06. The van der Waals surface area contributed by atoms with E-state index in [1.54, 1.807) is 0 Å². The van der Waals surface area contributed by atoms with Gasteiger partial charge >= 0.3 is 6.09 Å². The van der Waals surface area contributed by atoms with Crippen LogP contribution in [0.1, 0.15) is 26.3 Å². The maximum absolute atomic E-state index is 12.2. The molecule has 4 nitrogen and oxygen atoms in total. The fourth-order valence-electron chi connectivity index (χ4n) is 3.54. The average molecular weight is 337 g/mol. The minimum absolute atomic E-state index is 0.170. The molecule has 5 heteroatoms. The predicted octanol–water partition coefficient (Wildman–Crippen LogP) is 3.64. The number of rotatable bonds is 2. The van der Waals surface area contributed by atoms with Crippen molar-refractivity contribution in [1.82, 2.24) is 9.80 Å². The smallest absolute Gasteiger partial charge is 0.410 e. The lowest BCUT2D eigenvalue weighted by Gasteiger charge is -2.26. The van der Waals surface area contributed by atoms with Gasteiger partial charge in [-0.3, -0.25) is 4.90 Å². The molecule has 0 spiro atoms. The molecular formula is C18H25ClN2O2. The second kappa shape index (κ2) is 6.33. The molecule has 0 N–H and O–H groups in total. The topological polar surface area (TPSA) is 32.8 Å². The minimum Gasteiger partial charge on any atom is -0.444 e. The number of carbonyl (C=O) groups is 1. The Morgan fingerprint density at radius 1 is 1.13 bits per heavy atom. The van der Waals surface area contributed by atoms with Gasteiger partial charge in [-0.05, 0) is 50.3 Å². The van der Waals surface area contributed by atoms with Crippen LogP contribution in [0.25, 0.3) is 0 Å². The minimum atomic E-state index is -0.421. The standard InChI is InChI=1S/C18H25ClN2O2/c1-18(2,3)23-17(22)21-11-14-9-20(10-15(14)12-21)8-13-4-6-16(19)7-5-13/h4-7,14-15H,8-12H2,1-3H3. The van der Waals surface area contributed by atoms with E-state index in [0.717, 1.165) is 37.7 Å². The van der Waals surface area contributed by atoms with E-state index in [2.05, 4.69) is 17.0 Å². The van der Waals surface area contributed by atoms with Gasteiger partial charge in [0, 0.05) is 37.7 Å². The first-order chi connectivity index (χ1) is 10.8. The van der Waals surface area contributed by atoms with E-state index in [1.165, 1.54) is 5.56 Å². The number of fused-ring (bicyclic) bond motifs is 1. The summed E-state index contributed by atoms with van der Waals surface area (Å²) >= 11 is 5.93. The van der Waals surface area contributed by atoms with Gasteiger partial charge < -0.3 is 9.64 Å². The van der Waals surface area contributed by atoms with Crippen LogP contribution in [0, 0.1) is 11.8 Å². The highest BCUT2D eigenvalue weighted by Crippen LogP contribution is 2.32. The van der Waals surface area contributed by atoms with Crippen molar-refractivity contribution in [2.24, 2.45) is 11.8 Å². The molecule has 0 aliphatic carbocycles. The number of nitrogens with zero attached hydrogens (tertiary/aromatic N) is 2. The number of benzene rings is 1. The summed E-state index contributed by atoms with van der Waals surface area (Å²) in [5, 5.41) is 0.778. The molecule has 2 aliphatic heterocycles. The molecule has 2 aliphatic rings. The van der Waals surface area contributed by atoms with E-state index in [4.69, 9.17) is 16.3 Å². The number of hydrogen-bond acceptors (Lipinski definition) is 3. The normalized spacial score (nSPS) is 24.8. The van der Waals surface area contributed by atoms with Crippen LogP contribution < -0.4 is 0 Å². The van der Waals surface area contributed by atoms with Crippen LogP contribution in [0.4, 0.5) is 4.79 Å². The van der Waals surface area contributed by atoms with Crippen LogP contribution in [0.5, 0.6) is 0 Å². The summed E-state index contributed by atoms with van der Waals surface area (Å²) in [7, 11) is 0. The second-order valence-electron chi connectivity index (χ2n) is 7.73. The first-order valence-corrected chi connectivity index (χ1v) is 8.63. The van der Waals surface area contributed by atoms with Crippen molar-refractivity contribution in [3.8, 4) is 0 Å². The lowest BCUT2D eigenvalue weighted by molar-refractivity contribution is 0.0274. The fourth-order valence-corrected chi connectivity index (χ4v) is 3.67. The van der Waals surface area contributed by atoms with Crippen molar-refractivity contribution in [1.29, 1.82) is 0 Å². The number of likely N-dealkylation sites (tertiary alicyclic amines) is 2. The van der Waals surface area contributed by atoms with Crippen LogP contribution >= 0.6 is 11.6 Å². The molecule has 1 aromatic carbocycles. The molecule has 2 saturated heterocycles. The van der Waals surface area contributed by atoms with Gasteiger partial charge in [-0.2, -0.15) is 0 Å². The van der Waals surface area contributed by atoms with Crippen molar-refractivity contribution in [2.75, 3.05) is 26.2 Å². The van der Waals surface area contributed by atoms with Crippen molar-refractivity contribution in [2.45, 2.75) is 32.9 Å². The third-order valence-electron chi connectivity index (χ3n) is 4.53. The SMILES string of the molecule is CC(C)(C)OC(=O)N1CC2CN(Cc3ccc(Cl)cc3)CC2C1. The Kier molecular flexibility index (Phi) is 4.56. The molecule has 0 radical (unpaired) electrons. The number of ether oxygens (including phenoxy) is 1. The summed E-state index contributed by atoms with van der Waals surface area (Å²) < 4.78 is 5.48. The van der Waals surface area contributed by atoms with Crippen LogP contribution in [0.2, 0.25) is 5.02 Å². The van der Waals surface area contributed by atoms with E-state index in [-0.39, 0.29) is 6.09 Å². The third-order valence-corrected chi connectivity index (χ3v) is 4.78. The van der Waals surface area contributed by atoms with E-state index >= 15 is 0 Å². The van der Waals surface area contributed by atoms with Crippen molar-refractivity contribution >= 4 is 17.7 Å². The van der Waals surface area contributed by atoms with Crippen molar-refractivity contribution in [3.63, 3.8) is 0 Å². The Hall–Kier alpha value is -1.26. The zero-order chi connectivity index (χ0) is 16.6. The summed E-state index contributed by atoms with van der Waals surface area (Å²) in [5.74, 6) is 1.13. The molecule has 0 bridgehead atoms. The summed E-state index contributed by atoms with van der Waals surface area (Å²) in [4.78, 5) is 16.5. The number of halogens is 1. The van der Waals surface area contributed by atoms with Gasteiger partial charge in [-0.15, -0.1) is 0 Å². The fraction of sp³-hybridized carbons (Fsp3) is 0.611. The Morgan fingerprint density at radius 2 is 1.70 bits per heavy atom. The van der Waals surface area contributed by atoms with E-state index in [1.807, 2.05) is 37.8 Å². The summed E-state index contributed by atoms with van der Waals surface area (Å²) in [6.45, 7) is 10.4.